The topological polar surface area (TPSA) is 68.5 Å². The van der Waals surface area contributed by atoms with Gasteiger partial charge in [-0.05, 0) is 36.8 Å². The number of oxime groups is 1. The van der Waals surface area contributed by atoms with Crippen LogP contribution in [-0.4, -0.2) is 29.0 Å². The molecular weight excluding hydrogens is 385 g/mol. The van der Waals surface area contributed by atoms with Crippen LogP contribution in [0.2, 0.25) is 0 Å². The smallest absolute Gasteiger partial charge is 0.399 e. The number of carbonyl (C=O) groups excluding carboxylic acids is 1. The highest BCUT2D eigenvalue weighted by molar-refractivity contribution is 6.04. The van der Waals surface area contributed by atoms with Gasteiger partial charge in [-0.2, -0.15) is 18.3 Å². The molecule has 1 N–H and O–H groups in total. The Morgan fingerprint density at radius 3 is 2.52 bits per heavy atom. The van der Waals surface area contributed by atoms with Gasteiger partial charge in [0.05, 0.1) is 23.2 Å². The van der Waals surface area contributed by atoms with Crippen molar-refractivity contribution in [3.05, 3.63) is 77.0 Å². The van der Waals surface area contributed by atoms with Crippen molar-refractivity contribution in [1.29, 1.82) is 0 Å². The third-order valence-corrected chi connectivity index (χ3v) is 3.99. The molecule has 1 amide bonds. The van der Waals surface area contributed by atoms with Crippen molar-refractivity contribution >= 4 is 17.9 Å². The van der Waals surface area contributed by atoms with Crippen molar-refractivity contribution in [3.8, 4) is 5.69 Å². The molecule has 0 atom stereocenters. The molecule has 3 rings (SSSR count). The lowest BCUT2D eigenvalue weighted by Crippen LogP contribution is -2.17. The summed E-state index contributed by atoms with van der Waals surface area (Å²) in [5.74, 6) is -0.347. The number of nitrogens with zero attached hydrogens (tertiary/aromatic N) is 3. The molecule has 2 aromatic carbocycles. The lowest BCUT2D eigenvalue weighted by Gasteiger charge is -2.15. The average Bonchev–Trinajstić information content (AvgIpc) is 3.06. The first kappa shape index (κ1) is 20.1. The number of hydrogen-bond acceptors (Lipinski definition) is 4. The van der Waals surface area contributed by atoms with Crippen molar-refractivity contribution in [2.24, 2.45) is 5.16 Å². The molecule has 0 bridgehead atoms. The van der Waals surface area contributed by atoms with E-state index in [9.17, 15) is 18.0 Å². The molecular formula is C20H17F3N4O2. The molecule has 6 nitrogen and oxygen atoms in total. The van der Waals surface area contributed by atoms with Crippen LogP contribution in [0.3, 0.4) is 0 Å². The van der Waals surface area contributed by atoms with Gasteiger partial charge in [0.25, 0.3) is 5.91 Å². The maximum atomic E-state index is 13.4. The second-order valence-corrected chi connectivity index (χ2v) is 6.09. The van der Waals surface area contributed by atoms with Crippen LogP contribution < -0.4 is 5.32 Å². The maximum absolute atomic E-state index is 13.4. The van der Waals surface area contributed by atoms with E-state index < -0.39 is 17.6 Å². The summed E-state index contributed by atoms with van der Waals surface area (Å²) in [5, 5.41) is 10.4. The summed E-state index contributed by atoms with van der Waals surface area (Å²) in [5.41, 5.74) is 0.496. The molecule has 0 aliphatic rings. The van der Waals surface area contributed by atoms with Gasteiger partial charge in [0.1, 0.15) is 12.9 Å². The highest BCUT2D eigenvalue weighted by Crippen LogP contribution is 2.34. The quantitative estimate of drug-likeness (QED) is 0.507. The third-order valence-electron chi connectivity index (χ3n) is 3.99. The fourth-order valence-electron chi connectivity index (χ4n) is 2.69. The summed E-state index contributed by atoms with van der Waals surface area (Å²) in [4.78, 5) is 17.2. The lowest BCUT2D eigenvalue weighted by molar-refractivity contribution is -0.137. The number of halogens is 3. The SMILES string of the molecule is CO/N=C/c1ccc(C(=O)Nc2cc(C)nn2-c2ccccc2C(F)(F)F)cc1. The van der Waals surface area contributed by atoms with E-state index >= 15 is 0 Å². The van der Waals surface area contributed by atoms with E-state index in [0.29, 0.717) is 11.3 Å². The second-order valence-electron chi connectivity index (χ2n) is 6.09. The van der Waals surface area contributed by atoms with Crippen LogP contribution in [0.4, 0.5) is 19.0 Å². The van der Waals surface area contributed by atoms with Crippen LogP contribution in [0, 0.1) is 6.92 Å². The Bertz CT molecular complexity index is 1040. The van der Waals surface area contributed by atoms with Crippen LogP contribution in [0.15, 0.2) is 59.8 Å². The summed E-state index contributed by atoms with van der Waals surface area (Å²) in [6, 6.07) is 13.0. The van der Waals surface area contributed by atoms with Crippen LogP contribution in [0.5, 0.6) is 0 Å². The molecule has 9 heteroatoms. The number of carbonyl (C=O) groups is 1. The summed E-state index contributed by atoms with van der Waals surface area (Å²) >= 11 is 0. The molecule has 3 aromatic rings. The highest BCUT2D eigenvalue weighted by atomic mass is 19.4. The fraction of sp³-hybridized carbons (Fsp3) is 0.150. The Balaban J connectivity index is 1.91. The Labute approximate surface area is 164 Å². The van der Waals surface area contributed by atoms with Crippen molar-refractivity contribution < 1.29 is 22.8 Å². The number of alkyl halides is 3. The van der Waals surface area contributed by atoms with E-state index in [4.69, 9.17) is 0 Å². The van der Waals surface area contributed by atoms with Gasteiger partial charge in [0.15, 0.2) is 0 Å². The van der Waals surface area contributed by atoms with Gasteiger partial charge < -0.3 is 10.2 Å². The molecule has 0 aliphatic carbocycles. The number of aryl methyl sites for hydroxylation is 1. The summed E-state index contributed by atoms with van der Waals surface area (Å²) in [7, 11) is 1.42. The van der Waals surface area contributed by atoms with Gasteiger partial charge in [-0.25, -0.2) is 4.68 Å². The predicted octanol–water partition coefficient (Wildman–Crippen LogP) is 4.43. The standard InChI is InChI=1S/C20H17F3N4O2/c1-13-11-18(25-19(28)15-9-7-14(8-10-15)12-24-29-2)27(26-13)17-6-4-3-5-16(17)20(21,22)23/h3-12H,1-2H3,(H,25,28)/b24-12+. The Morgan fingerprint density at radius 2 is 1.86 bits per heavy atom. The third kappa shape index (κ3) is 4.63. The van der Waals surface area contributed by atoms with E-state index in [1.165, 1.54) is 37.6 Å². The van der Waals surface area contributed by atoms with E-state index in [1.54, 1.807) is 31.2 Å². The Hall–Kier alpha value is -3.62. The Morgan fingerprint density at radius 1 is 1.17 bits per heavy atom. The van der Waals surface area contributed by atoms with Crippen molar-refractivity contribution in [2.45, 2.75) is 13.1 Å². The second kappa shape index (κ2) is 8.17. The largest absolute Gasteiger partial charge is 0.418 e. The molecule has 1 heterocycles. The number of nitrogens with one attached hydrogen (secondary N) is 1. The minimum absolute atomic E-state index is 0.134. The minimum Gasteiger partial charge on any atom is -0.399 e. The van der Waals surface area contributed by atoms with E-state index in [0.717, 1.165) is 16.3 Å². The molecule has 0 aliphatic heterocycles. The van der Waals surface area contributed by atoms with E-state index in [-0.39, 0.29) is 11.5 Å². The molecule has 1 aromatic heterocycles. The number of rotatable bonds is 5. The zero-order chi connectivity index (χ0) is 21.0. The van der Waals surface area contributed by atoms with Gasteiger partial charge in [0, 0.05) is 11.6 Å². The number of amides is 1. The molecule has 0 saturated carbocycles. The lowest BCUT2D eigenvalue weighted by atomic mass is 10.1. The molecule has 0 unspecified atom stereocenters. The van der Waals surface area contributed by atoms with Gasteiger partial charge >= 0.3 is 6.18 Å². The number of hydrogen-bond donors (Lipinski definition) is 1. The Kier molecular flexibility index (Phi) is 5.67. The zero-order valence-electron chi connectivity index (χ0n) is 15.6. The molecule has 150 valence electrons. The number of aromatic nitrogens is 2. The molecule has 0 radical (unpaired) electrons. The minimum atomic E-state index is -4.56. The number of benzene rings is 2. The van der Waals surface area contributed by atoms with Gasteiger partial charge in [-0.3, -0.25) is 4.79 Å². The van der Waals surface area contributed by atoms with Crippen molar-refractivity contribution in [1.82, 2.24) is 9.78 Å². The first-order chi connectivity index (χ1) is 13.8. The molecule has 0 fully saturated rings. The first-order valence-corrected chi connectivity index (χ1v) is 8.51. The highest BCUT2D eigenvalue weighted by Gasteiger charge is 2.34. The molecule has 0 spiro atoms. The van der Waals surface area contributed by atoms with E-state index in [1.807, 2.05) is 0 Å². The molecule has 29 heavy (non-hydrogen) atoms. The van der Waals surface area contributed by atoms with Crippen molar-refractivity contribution in [3.63, 3.8) is 0 Å². The van der Waals surface area contributed by atoms with E-state index in [2.05, 4.69) is 20.4 Å². The van der Waals surface area contributed by atoms with Crippen LogP contribution >= 0.6 is 0 Å². The summed E-state index contributed by atoms with van der Waals surface area (Å²) < 4.78 is 41.2. The summed E-state index contributed by atoms with van der Waals surface area (Å²) in [6.45, 7) is 1.63. The van der Waals surface area contributed by atoms with Crippen LogP contribution in [-0.2, 0) is 11.0 Å². The monoisotopic (exact) mass is 402 g/mol. The van der Waals surface area contributed by atoms with Gasteiger partial charge in [-0.15, -0.1) is 0 Å². The normalized spacial score (nSPS) is 11.6. The van der Waals surface area contributed by atoms with Crippen molar-refractivity contribution in [2.75, 3.05) is 12.4 Å². The van der Waals surface area contributed by atoms with Gasteiger partial charge in [-0.1, -0.05) is 29.4 Å². The average molecular weight is 402 g/mol. The maximum Gasteiger partial charge on any atom is 0.418 e. The number of para-hydroxylation sites is 1. The molecule has 0 saturated heterocycles. The van der Waals surface area contributed by atoms with Gasteiger partial charge in [0.2, 0.25) is 0 Å². The fourth-order valence-corrected chi connectivity index (χ4v) is 2.69. The summed E-state index contributed by atoms with van der Waals surface area (Å²) in [6.07, 6.45) is -3.08. The predicted molar refractivity (Wildman–Crippen MR) is 102 cm³/mol. The number of anilines is 1. The zero-order valence-corrected chi connectivity index (χ0v) is 15.6. The van der Waals surface area contributed by atoms with Crippen LogP contribution in [0.25, 0.3) is 5.69 Å². The van der Waals surface area contributed by atoms with Crippen LogP contribution in [0.1, 0.15) is 27.2 Å². The first-order valence-electron chi connectivity index (χ1n) is 8.51.